The molecule has 0 unspecified atom stereocenters. The minimum absolute atomic E-state index is 0.161. The number of benzene rings is 4. The van der Waals surface area contributed by atoms with Crippen molar-refractivity contribution in [3.63, 3.8) is 0 Å². The standard InChI is InChI=1S/C68H78N4O4/c1-63(2,3)42-31-38(32-43(60(42)74)64(4,5)6)57-50-25-23-48(69-50)56(37-19-21-41(73)22-20-37)49-24-26-51(70-49)58(39-33-44(65(7,8)9)61(75)45(34-39)66(10,11)12)53-28-30-55(72-53)59(54-29-27-52(57)71-54)40-35-46(67(13,14)15)62(76)47(36-40)68(16,17)18/h19-36,69,72-76H,1-18H3. The van der Waals surface area contributed by atoms with Gasteiger partial charge in [-0.25, -0.2) is 9.97 Å². The molecule has 8 nitrogen and oxygen atoms in total. The average Bonchev–Trinajstić information content (AvgIpc) is 4.14. The summed E-state index contributed by atoms with van der Waals surface area (Å²) in [5.74, 6) is 1.05. The van der Waals surface area contributed by atoms with Gasteiger partial charge in [0.05, 0.1) is 22.8 Å². The largest absolute Gasteiger partial charge is 0.508 e. The highest BCUT2D eigenvalue weighted by atomic mass is 16.3. The minimum atomic E-state index is -0.405. The Morgan fingerprint density at radius 1 is 0.289 bits per heavy atom. The first kappa shape index (κ1) is 53.5. The molecule has 0 fully saturated rings. The van der Waals surface area contributed by atoms with Gasteiger partial charge in [-0.2, -0.15) is 0 Å². The summed E-state index contributed by atoms with van der Waals surface area (Å²) in [6, 6.07) is 28.4. The lowest BCUT2D eigenvalue weighted by Gasteiger charge is -2.28. The topological polar surface area (TPSA) is 138 Å². The fourth-order valence-corrected chi connectivity index (χ4v) is 10.8. The van der Waals surface area contributed by atoms with E-state index in [-0.39, 0.29) is 5.75 Å². The number of nitrogens with zero attached hydrogens (tertiary/aromatic N) is 2. The van der Waals surface area contributed by atoms with Crippen molar-refractivity contribution in [3.8, 4) is 67.5 Å². The van der Waals surface area contributed by atoms with Gasteiger partial charge >= 0.3 is 0 Å². The van der Waals surface area contributed by atoms with Crippen LogP contribution in [0.3, 0.4) is 0 Å². The number of nitrogens with one attached hydrogen (secondary N) is 2. The lowest BCUT2D eigenvalue weighted by Crippen LogP contribution is -2.17. The van der Waals surface area contributed by atoms with Crippen molar-refractivity contribution < 1.29 is 20.4 Å². The van der Waals surface area contributed by atoms with Crippen LogP contribution in [0.5, 0.6) is 23.0 Å². The molecule has 0 saturated carbocycles. The van der Waals surface area contributed by atoms with E-state index in [0.29, 0.717) is 17.2 Å². The van der Waals surface area contributed by atoms with Crippen molar-refractivity contribution >= 4 is 46.4 Å². The Bertz CT molecular complexity index is 3540. The minimum Gasteiger partial charge on any atom is -0.508 e. The van der Waals surface area contributed by atoms with Crippen molar-refractivity contribution in [2.45, 2.75) is 157 Å². The maximum absolute atomic E-state index is 12.1. The highest BCUT2D eigenvalue weighted by molar-refractivity contribution is 6.00. The van der Waals surface area contributed by atoms with E-state index in [1.165, 1.54) is 0 Å². The Balaban J connectivity index is 1.55. The fraction of sp³-hybridized carbons (Fsp3) is 0.353. The van der Waals surface area contributed by atoms with E-state index in [0.717, 1.165) is 123 Å². The molecule has 8 heteroatoms. The van der Waals surface area contributed by atoms with Crippen LogP contribution >= 0.6 is 0 Å². The van der Waals surface area contributed by atoms with Crippen LogP contribution in [0, 0.1) is 0 Å². The summed E-state index contributed by atoms with van der Waals surface area (Å²) >= 11 is 0. The molecule has 8 bridgehead atoms. The molecule has 3 aromatic heterocycles. The number of aromatic amines is 2. The van der Waals surface area contributed by atoms with E-state index in [2.05, 4.69) is 220 Å². The van der Waals surface area contributed by atoms with Crippen molar-refractivity contribution in [1.29, 1.82) is 0 Å². The first-order chi connectivity index (χ1) is 35.1. The predicted molar refractivity (Wildman–Crippen MR) is 319 cm³/mol. The maximum Gasteiger partial charge on any atom is 0.123 e. The van der Waals surface area contributed by atoms with Crippen LogP contribution in [0.15, 0.2) is 84.9 Å². The lowest BCUT2D eigenvalue weighted by molar-refractivity contribution is 0.422. The second-order valence-corrected chi connectivity index (χ2v) is 27.3. The molecule has 0 radical (unpaired) electrons. The molecule has 6 N–H and O–H groups in total. The third-order valence-corrected chi connectivity index (χ3v) is 15.0. The van der Waals surface area contributed by atoms with E-state index >= 15 is 0 Å². The first-order valence-electron chi connectivity index (χ1n) is 26.7. The van der Waals surface area contributed by atoms with Crippen LogP contribution < -0.4 is 0 Å². The highest BCUT2D eigenvalue weighted by Crippen LogP contribution is 2.48. The summed E-state index contributed by atoms with van der Waals surface area (Å²) in [7, 11) is 0. The molecule has 7 aromatic rings. The number of hydrogen-bond acceptors (Lipinski definition) is 6. The van der Waals surface area contributed by atoms with E-state index in [9.17, 15) is 20.4 Å². The summed E-state index contributed by atoms with van der Waals surface area (Å²) in [6.07, 6.45) is 8.32. The molecule has 76 heavy (non-hydrogen) atoms. The van der Waals surface area contributed by atoms with Gasteiger partial charge in [0.25, 0.3) is 0 Å². The second kappa shape index (κ2) is 18.2. The van der Waals surface area contributed by atoms with Gasteiger partial charge in [0.2, 0.25) is 0 Å². The molecular formula is C68H78N4O4. The Hall–Kier alpha value is -7.32. The zero-order valence-corrected chi connectivity index (χ0v) is 48.1. The molecular weight excluding hydrogens is 937 g/mol. The Morgan fingerprint density at radius 3 is 0.711 bits per heavy atom. The van der Waals surface area contributed by atoms with Crippen LogP contribution in [0.2, 0.25) is 0 Å². The number of fused-ring (bicyclic) bond motifs is 8. The molecule has 0 spiro atoms. The highest BCUT2D eigenvalue weighted by Gasteiger charge is 2.32. The number of rotatable bonds is 4. The molecule has 5 heterocycles. The summed E-state index contributed by atoms with van der Waals surface area (Å²) in [5.41, 5.74) is 15.8. The summed E-state index contributed by atoms with van der Waals surface area (Å²) in [4.78, 5) is 19.1. The second-order valence-electron chi connectivity index (χ2n) is 27.3. The molecule has 9 rings (SSSR count). The number of aromatic nitrogens is 4. The third kappa shape index (κ3) is 9.87. The SMILES string of the molecule is CC(C)(C)c1cc(-c2c3nc(c(-c4cc(C(C)(C)C)c(O)c(C(C)(C)C)c4)c4ccc([nH]4)c(-c4cc(C(C)(C)C)c(O)c(C(C)(C)C)c4)c4nc(c(-c5ccc(O)cc5)c5ccc2[nH]5)C=C4)C=C3)cc(C(C)(C)C)c1O. The number of phenols is 4. The van der Waals surface area contributed by atoms with E-state index < -0.39 is 32.5 Å². The quantitative estimate of drug-likeness (QED) is 0.104. The van der Waals surface area contributed by atoms with Gasteiger partial charge in [-0.05, 0) is 152 Å². The smallest absolute Gasteiger partial charge is 0.123 e. The number of H-pyrrole nitrogens is 2. The monoisotopic (exact) mass is 1010 g/mol. The van der Waals surface area contributed by atoms with E-state index in [1.807, 2.05) is 12.1 Å². The predicted octanol–water partition coefficient (Wildman–Crippen LogP) is 17.9. The first-order valence-corrected chi connectivity index (χ1v) is 26.7. The van der Waals surface area contributed by atoms with Gasteiger partial charge in [0.15, 0.2) is 0 Å². The van der Waals surface area contributed by atoms with Crippen molar-refractivity contribution in [1.82, 2.24) is 19.9 Å². The number of hydrogen-bond donors (Lipinski definition) is 6. The summed E-state index contributed by atoms with van der Waals surface area (Å²) in [6.45, 7) is 38.4. The van der Waals surface area contributed by atoms with Gasteiger partial charge < -0.3 is 30.4 Å². The summed E-state index contributed by atoms with van der Waals surface area (Å²) in [5, 5.41) is 46.8. The van der Waals surface area contributed by atoms with Crippen LogP contribution in [0.25, 0.3) is 90.9 Å². The average molecular weight is 1020 g/mol. The molecule has 0 saturated heterocycles. The fourth-order valence-electron chi connectivity index (χ4n) is 10.8. The van der Waals surface area contributed by atoms with Gasteiger partial charge in [-0.3, -0.25) is 0 Å². The molecule has 394 valence electrons. The lowest BCUT2D eigenvalue weighted by atomic mass is 9.77. The zero-order chi connectivity index (χ0) is 55.6. The number of phenolic OH excluding ortho intramolecular Hbond substituents is 4. The Kier molecular flexibility index (Phi) is 12.8. The normalized spacial score (nSPS) is 13.5. The van der Waals surface area contributed by atoms with Crippen LogP contribution in [-0.2, 0) is 32.5 Å². The Morgan fingerprint density at radius 2 is 0.500 bits per heavy atom. The third-order valence-electron chi connectivity index (χ3n) is 15.0. The molecule has 0 aliphatic carbocycles. The van der Waals surface area contributed by atoms with Crippen LogP contribution in [0.1, 0.15) is 181 Å². The van der Waals surface area contributed by atoms with Gasteiger partial charge in [-0.1, -0.05) is 137 Å². The van der Waals surface area contributed by atoms with Crippen molar-refractivity contribution in [3.05, 3.63) is 141 Å². The maximum atomic E-state index is 12.1. The number of aromatic hydroxyl groups is 4. The molecule has 2 aliphatic heterocycles. The van der Waals surface area contributed by atoms with E-state index in [4.69, 9.17) is 9.97 Å². The van der Waals surface area contributed by atoms with Gasteiger partial charge in [0.1, 0.15) is 23.0 Å². The van der Waals surface area contributed by atoms with E-state index in [1.54, 1.807) is 12.1 Å². The van der Waals surface area contributed by atoms with Crippen molar-refractivity contribution in [2.24, 2.45) is 0 Å². The molecule has 4 aromatic carbocycles. The van der Waals surface area contributed by atoms with Gasteiger partial charge in [-0.15, -0.1) is 0 Å². The van der Waals surface area contributed by atoms with Crippen LogP contribution in [-0.4, -0.2) is 40.4 Å². The Labute approximate surface area is 450 Å². The molecule has 0 amide bonds. The zero-order valence-electron chi connectivity index (χ0n) is 48.1. The van der Waals surface area contributed by atoms with Crippen molar-refractivity contribution in [2.75, 3.05) is 0 Å². The van der Waals surface area contributed by atoms with Crippen LogP contribution in [0.4, 0.5) is 0 Å². The molecule has 0 atom stereocenters. The van der Waals surface area contributed by atoms with Gasteiger partial charge in [0, 0.05) is 77.7 Å². The molecule has 2 aliphatic rings. The summed E-state index contributed by atoms with van der Waals surface area (Å²) < 4.78 is 0.